The fraction of sp³-hybridized carbons (Fsp3) is 0.500. The second kappa shape index (κ2) is 6.36. The van der Waals surface area contributed by atoms with Gasteiger partial charge in [-0.1, -0.05) is 13.0 Å². The number of hydrogen-bond acceptors (Lipinski definition) is 5. The van der Waals surface area contributed by atoms with Crippen molar-refractivity contribution in [2.75, 3.05) is 13.7 Å². The highest BCUT2D eigenvalue weighted by Crippen LogP contribution is 2.30. The Balaban J connectivity index is 2.93. The van der Waals surface area contributed by atoms with Gasteiger partial charge in [0.05, 0.1) is 17.4 Å². The van der Waals surface area contributed by atoms with Crippen LogP contribution >= 0.6 is 0 Å². The SMILES string of the molecule is CCc1ccc(OCC(C)(C)C(=O)OC)c([N+](=O)[O-])c1. The van der Waals surface area contributed by atoms with Gasteiger partial charge in [0.25, 0.3) is 0 Å². The molecule has 0 atom stereocenters. The van der Waals surface area contributed by atoms with Crippen molar-refractivity contribution < 1.29 is 19.2 Å². The second-order valence-corrected chi connectivity index (χ2v) is 5.08. The van der Waals surface area contributed by atoms with E-state index >= 15 is 0 Å². The van der Waals surface area contributed by atoms with Crippen LogP contribution in [0, 0.1) is 15.5 Å². The van der Waals surface area contributed by atoms with E-state index in [2.05, 4.69) is 4.74 Å². The van der Waals surface area contributed by atoms with Gasteiger partial charge >= 0.3 is 11.7 Å². The summed E-state index contributed by atoms with van der Waals surface area (Å²) < 4.78 is 10.1. The third-order valence-corrected chi connectivity index (χ3v) is 2.95. The zero-order valence-corrected chi connectivity index (χ0v) is 12.1. The summed E-state index contributed by atoms with van der Waals surface area (Å²) in [6, 6.07) is 4.82. The lowest BCUT2D eigenvalue weighted by Crippen LogP contribution is -2.32. The Bertz CT molecular complexity index is 510. The highest BCUT2D eigenvalue weighted by molar-refractivity contribution is 5.75. The van der Waals surface area contributed by atoms with Gasteiger partial charge in [0.15, 0.2) is 5.75 Å². The van der Waals surface area contributed by atoms with Crippen LogP contribution in [0.15, 0.2) is 18.2 Å². The molecule has 0 fully saturated rings. The number of ether oxygens (including phenoxy) is 2. The van der Waals surface area contributed by atoms with E-state index in [1.54, 1.807) is 26.0 Å². The summed E-state index contributed by atoms with van der Waals surface area (Å²) in [5.74, 6) is -0.269. The number of carbonyl (C=O) groups is 1. The summed E-state index contributed by atoms with van der Waals surface area (Å²) in [5, 5.41) is 11.0. The van der Waals surface area contributed by atoms with Crippen LogP contribution in [0.1, 0.15) is 26.3 Å². The van der Waals surface area contributed by atoms with Crippen LogP contribution in [0.3, 0.4) is 0 Å². The molecule has 0 bridgehead atoms. The number of nitrogens with zero attached hydrogens (tertiary/aromatic N) is 1. The van der Waals surface area contributed by atoms with Gasteiger partial charge in [-0.15, -0.1) is 0 Å². The third-order valence-electron chi connectivity index (χ3n) is 2.95. The molecule has 0 aliphatic rings. The van der Waals surface area contributed by atoms with Gasteiger partial charge in [0.1, 0.15) is 6.61 Å². The molecule has 20 heavy (non-hydrogen) atoms. The number of carbonyl (C=O) groups excluding carboxylic acids is 1. The lowest BCUT2D eigenvalue weighted by molar-refractivity contribution is -0.386. The zero-order chi connectivity index (χ0) is 15.3. The summed E-state index contributed by atoms with van der Waals surface area (Å²) >= 11 is 0. The molecule has 0 saturated heterocycles. The van der Waals surface area contributed by atoms with E-state index in [0.29, 0.717) is 6.42 Å². The number of hydrogen-bond donors (Lipinski definition) is 0. The van der Waals surface area contributed by atoms with E-state index in [9.17, 15) is 14.9 Å². The monoisotopic (exact) mass is 281 g/mol. The Morgan fingerprint density at radius 3 is 2.55 bits per heavy atom. The van der Waals surface area contributed by atoms with Crippen LogP contribution in [0.4, 0.5) is 5.69 Å². The molecule has 0 spiro atoms. The summed E-state index contributed by atoms with van der Waals surface area (Å²) in [5.41, 5.74) is -0.104. The second-order valence-electron chi connectivity index (χ2n) is 5.08. The first-order valence-electron chi connectivity index (χ1n) is 6.30. The van der Waals surface area contributed by atoms with Crippen molar-refractivity contribution in [3.63, 3.8) is 0 Å². The smallest absolute Gasteiger partial charge is 0.314 e. The number of rotatable bonds is 6. The molecule has 1 aromatic rings. The van der Waals surface area contributed by atoms with E-state index in [4.69, 9.17) is 4.74 Å². The third kappa shape index (κ3) is 3.69. The molecular weight excluding hydrogens is 262 g/mol. The van der Waals surface area contributed by atoms with E-state index in [0.717, 1.165) is 5.56 Å². The van der Waals surface area contributed by atoms with Crippen molar-refractivity contribution in [3.8, 4) is 5.75 Å². The van der Waals surface area contributed by atoms with Gasteiger partial charge < -0.3 is 9.47 Å². The molecule has 110 valence electrons. The van der Waals surface area contributed by atoms with Crippen molar-refractivity contribution in [1.82, 2.24) is 0 Å². The molecule has 0 N–H and O–H groups in total. The molecule has 1 aromatic carbocycles. The maximum atomic E-state index is 11.5. The number of nitro groups is 1. The average Bonchev–Trinajstić information content (AvgIpc) is 2.43. The van der Waals surface area contributed by atoms with E-state index < -0.39 is 16.3 Å². The minimum atomic E-state index is -0.869. The van der Waals surface area contributed by atoms with E-state index in [1.807, 2.05) is 6.92 Å². The lowest BCUT2D eigenvalue weighted by atomic mass is 9.95. The summed E-state index contributed by atoms with van der Waals surface area (Å²) in [6.07, 6.45) is 0.703. The van der Waals surface area contributed by atoms with Crippen molar-refractivity contribution in [2.24, 2.45) is 5.41 Å². The first kappa shape index (κ1) is 15.9. The van der Waals surface area contributed by atoms with Crippen molar-refractivity contribution in [3.05, 3.63) is 33.9 Å². The van der Waals surface area contributed by atoms with Crippen molar-refractivity contribution in [2.45, 2.75) is 27.2 Å². The summed E-state index contributed by atoms with van der Waals surface area (Å²) in [7, 11) is 1.29. The first-order chi connectivity index (χ1) is 9.31. The fourth-order valence-electron chi connectivity index (χ4n) is 1.64. The number of benzene rings is 1. The predicted molar refractivity (Wildman–Crippen MR) is 73.8 cm³/mol. The molecular formula is C14H19NO5. The largest absolute Gasteiger partial charge is 0.486 e. The van der Waals surface area contributed by atoms with Crippen LogP contribution < -0.4 is 4.74 Å². The molecule has 0 aromatic heterocycles. The van der Waals surface area contributed by atoms with E-state index in [-0.39, 0.29) is 18.0 Å². The van der Waals surface area contributed by atoms with E-state index in [1.165, 1.54) is 13.2 Å². The minimum absolute atomic E-state index is 0.00594. The van der Waals surface area contributed by atoms with Gasteiger partial charge in [0.2, 0.25) is 0 Å². The molecule has 6 heteroatoms. The van der Waals surface area contributed by atoms with Gasteiger partial charge in [-0.3, -0.25) is 14.9 Å². The number of aryl methyl sites for hydroxylation is 1. The quantitative estimate of drug-likeness (QED) is 0.455. The maximum Gasteiger partial charge on any atom is 0.314 e. The maximum absolute atomic E-state index is 11.5. The Morgan fingerprint density at radius 2 is 2.05 bits per heavy atom. The standard InChI is InChI=1S/C14H19NO5/c1-5-10-6-7-12(11(8-10)15(17)18)20-9-14(2,3)13(16)19-4/h6-8H,5,9H2,1-4H3. The summed E-state index contributed by atoms with van der Waals surface area (Å²) in [6.45, 7) is 5.24. The first-order valence-corrected chi connectivity index (χ1v) is 6.30. The van der Waals surface area contributed by atoms with Crippen molar-refractivity contribution in [1.29, 1.82) is 0 Å². The Kier molecular flexibility index (Phi) is 5.07. The Morgan fingerprint density at radius 1 is 1.40 bits per heavy atom. The lowest BCUT2D eigenvalue weighted by Gasteiger charge is -2.21. The van der Waals surface area contributed by atoms with Crippen molar-refractivity contribution >= 4 is 11.7 Å². The fourth-order valence-corrected chi connectivity index (χ4v) is 1.64. The normalized spacial score (nSPS) is 11.0. The highest BCUT2D eigenvalue weighted by Gasteiger charge is 2.30. The van der Waals surface area contributed by atoms with Crippen LogP contribution in [0.25, 0.3) is 0 Å². The van der Waals surface area contributed by atoms with Crippen LogP contribution in [-0.4, -0.2) is 24.6 Å². The molecule has 0 aliphatic heterocycles. The Labute approximate surface area is 117 Å². The van der Waals surface area contributed by atoms with Crippen LogP contribution in [-0.2, 0) is 16.0 Å². The molecule has 0 heterocycles. The van der Waals surface area contributed by atoms with Crippen LogP contribution in [0.5, 0.6) is 5.75 Å². The molecule has 0 radical (unpaired) electrons. The zero-order valence-electron chi connectivity index (χ0n) is 12.1. The van der Waals surface area contributed by atoms with Gasteiger partial charge in [-0.25, -0.2) is 0 Å². The molecule has 0 unspecified atom stereocenters. The van der Waals surface area contributed by atoms with Crippen LogP contribution in [0.2, 0.25) is 0 Å². The number of nitro benzene ring substituents is 1. The topological polar surface area (TPSA) is 78.7 Å². The molecule has 0 aliphatic carbocycles. The molecule has 6 nitrogen and oxygen atoms in total. The molecule has 0 amide bonds. The molecule has 0 saturated carbocycles. The average molecular weight is 281 g/mol. The van der Waals surface area contributed by atoms with Gasteiger partial charge in [0, 0.05) is 6.07 Å². The molecule has 1 rings (SSSR count). The van der Waals surface area contributed by atoms with Gasteiger partial charge in [-0.2, -0.15) is 0 Å². The highest BCUT2D eigenvalue weighted by atomic mass is 16.6. The number of esters is 1. The Hall–Kier alpha value is -2.11. The minimum Gasteiger partial charge on any atom is -0.486 e. The predicted octanol–water partition coefficient (Wildman–Crippen LogP) is 2.74. The number of methoxy groups -OCH3 is 1. The summed E-state index contributed by atoms with van der Waals surface area (Å²) in [4.78, 5) is 22.1. The van der Waals surface area contributed by atoms with Gasteiger partial charge in [-0.05, 0) is 31.9 Å².